The molecule has 0 saturated carbocycles. The van der Waals surface area contributed by atoms with Crippen LogP contribution in [0.1, 0.15) is 16.2 Å². The minimum Gasteiger partial charge on any atom is -0.321 e. The van der Waals surface area contributed by atoms with E-state index in [0.717, 1.165) is 10.8 Å². The summed E-state index contributed by atoms with van der Waals surface area (Å²) in [4.78, 5) is 30.8. The van der Waals surface area contributed by atoms with Crippen molar-refractivity contribution in [2.75, 3.05) is 5.32 Å². The van der Waals surface area contributed by atoms with Crippen LogP contribution in [0.5, 0.6) is 0 Å². The fraction of sp³-hybridized carbons (Fsp3) is 0.0385. The standard InChI is InChI=1S/C26H18ClN3O2/c1-16-28-23-12-5-4-10-21(23)26(32)30(16)18-13-14-22(27)24(15-18)29-25(31)20-11-6-8-17-7-2-3-9-19(17)20/h2-15H,1H3,(H,29,31). The third kappa shape index (κ3) is 3.43. The van der Waals surface area contributed by atoms with E-state index in [0.29, 0.717) is 38.7 Å². The van der Waals surface area contributed by atoms with Crippen molar-refractivity contribution >= 4 is 44.9 Å². The maximum absolute atomic E-state index is 13.1. The molecule has 1 N–H and O–H groups in total. The topological polar surface area (TPSA) is 64.0 Å². The molecule has 0 aliphatic rings. The first-order chi connectivity index (χ1) is 15.5. The SMILES string of the molecule is Cc1nc2ccccc2c(=O)n1-c1ccc(Cl)c(NC(=O)c2cccc3ccccc23)c1. The number of halogens is 1. The van der Waals surface area contributed by atoms with Gasteiger partial charge in [0, 0.05) is 5.56 Å². The largest absolute Gasteiger partial charge is 0.321 e. The summed E-state index contributed by atoms with van der Waals surface area (Å²) in [5.74, 6) is 0.268. The third-order valence-electron chi connectivity index (χ3n) is 5.43. The lowest BCUT2D eigenvalue weighted by molar-refractivity contribution is 0.102. The molecule has 0 aliphatic heterocycles. The molecule has 0 radical (unpaired) electrons. The van der Waals surface area contributed by atoms with Crippen LogP contribution in [0, 0.1) is 6.92 Å². The number of carbonyl (C=O) groups is 1. The summed E-state index contributed by atoms with van der Waals surface area (Å²) >= 11 is 6.39. The number of benzene rings is 4. The number of aromatic nitrogens is 2. The van der Waals surface area contributed by atoms with Crippen LogP contribution in [0.15, 0.2) is 89.7 Å². The zero-order valence-electron chi connectivity index (χ0n) is 17.2. The quantitative estimate of drug-likeness (QED) is 0.389. The van der Waals surface area contributed by atoms with E-state index in [2.05, 4.69) is 10.3 Å². The van der Waals surface area contributed by atoms with Gasteiger partial charge in [-0.25, -0.2) is 4.98 Å². The Bertz CT molecular complexity index is 1570. The van der Waals surface area contributed by atoms with E-state index < -0.39 is 0 Å². The number of carbonyl (C=O) groups excluding carboxylic acids is 1. The third-order valence-corrected chi connectivity index (χ3v) is 5.76. The first kappa shape index (κ1) is 20.0. The number of para-hydroxylation sites is 1. The van der Waals surface area contributed by atoms with Gasteiger partial charge in [0.2, 0.25) is 0 Å². The zero-order valence-corrected chi connectivity index (χ0v) is 17.9. The number of nitrogens with one attached hydrogen (secondary N) is 1. The van der Waals surface area contributed by atoms with Crippen LogP contribution < -0.4 is 10.9 Å². The van der Waals surface area contributed by atoms with Crippen LogP contribution in [-0.4, -0.2) is 15.5 Å². The molecule has 6 heteroatoms. The van der Waals surface area contributed by atoms with Crippen molar-refractivity contribution < 1.29 is 4.79 Å². The molecule has 0 saturated heterocycles. The van der Waals surface area contributed by atoms with Crippen LogP contribution >= 0.6 is 11.6 Å². The molecule has 5 aromatic rings. The van der Waals surface area contributed by atoms with Gasteiger partial charge >= 0.3 is 0 Å². The lowest BCUT2D eigenvalue weighted by Gasteiger charge is -2.14. The summed E-state index contributed by atoms with van der Waals surface area (Å²) in [5.41, 5.74) is 2.00. The number of rotatable bonds is 3. The molecular formula is C26H18ClN3O2. The van der Waals surface area contributed by atoms with Gasteiger partial charge in [-0.1, -0.05) is 60.1 Å². The summed E-state index contributed by atoms with van der Waals surface area (Å²) in [6.07, 6.45) is 0. The van der Waals surface area contributed by atoms with Crippen molar-refractivity contribution in [2.24, 2.45) is 0 Å². The van der Waals surface area contributed by atoms with Gasteiger partial charge in [0.05, 0.1) is 27.3 Å². The van der Waals surface area contributed by atoms with Gasteiger partial charge in [0.15, 0.2) is 0 Å². The molecule has 156 valence electrons. The average molecular weight is 440 g/mol. The summed E-state index contributed by atoms with van der Waals surface area (Å²) in [6.45, 7) is 1.77. The normalized spacial score (nSPS) is 11.1. The molecule has 1 aromatic heterocycles. The lowest BCUT2D eigenvalue weighted by atomic mass is 10.0. The molecule has 0 spiro atoms. The van der Waals surface area contributed by atoms with Gasteiger partial charge in [-0.05, 0) is 54.1 Å². The summed E-state index contributed by atoms with van der Waals surface area (Å²) in [5, 5.41) is 5.63. The number of amides is 1. The second-order valence-electron chi connectivity index (χ2n) is 7.46. The van der Waals surface area contributed by atoms with Gasteiger partial charge in [-0.2, -0.15) is 0 Å². The Morgan fingerprint density at radius 1 is 0.906 bits per heavy atom. The number of nitrogens with zero attached hydrogens (tertiary/aromatic N) is 2. The Kier molecular flexibility index (Phi) is 4.96. The van der Waals surface area contributed by atoms with Gasteiger partial charge in [0.1, 0.15) is 5.82 Å². The Morgan fingerprint density at radius 3 is 2.47 bits per heavy atom. The number of fused-ring (bicyclic) bond motifs is 2. The highest BCUT2D eigenvalue weighted by atomic mass is 35.5. The highest BCUT2D eigenvalue weighted by Gasteiger charge is 2.15. The number of aryl methyl sites for hydroxylation is 1. The van der Waals surface area contributed by atoms with Crippen molar-refractivity contribution in [3.63, 3.8) is 0 Å². The van der Waals surface area contributed by atoms with E-state index in [9.17, 15) is 9.59 Å². The molecule has 0 unspecified atom stereocenters. The van der Waals surface area contributed by atoms with E-state index in [1.54, 1.807) is 37.3 Å². The lowest BCUT2D eigenvalue weighted by Crippen LogP contribution is -2.22. The van der Waals surface area contributed by atoms with Crippen molar-refractivity contribution in [1.82, 2.24) is 9.55 Å². The highest BCUT2D eigenvalue weighted by Crippen LogP contribution is 2.27. The predicted octanol–water partition coefficient (Wildman–Crippen LogP) is 5.75. The average Bonchev–Trinajstić information content (AvgIpc) is 2.80. The maximum atomic E-state index is 13.1. The number of hydrogen-bond acceptors (Lipinski definition) is 3. The Hall–Kier alpha value is -3.96. The molecule has 0 aliphatic carbocycles. The fourth-order valence-corrected chi connectivity index (χ4v) is 4.07. The Morgan fingerprint density at radius 2 is 1.62 bits per heavy atom. The minimum atomic E-state index is -0.276. The zero-order chi connectivity index (χ0) is 22.2. The van der Waals surface area contributed by atoms with Gasteiger partial charge in [-0.3, -0.25) is 14.2 Å². The first-order valence-corrected chi connectivity index (χ1v) is 10.5. The van der Waals surface area contributed by atoms with Crippen LogP contribution in [0.2, 0.25) is 5.02 Å². The van der Waals surface area contributed by atoms with Crippen LogP contribution in [0.25, 0.3) is 27.4 Å². The molecule has 5 nitrogen and oxygen atoms in total. The van der Waals surface area contributed by atoms with Gasteiger partial charge in [0.25, 0.3) is 11.5 Å². The maximum Gasteiger partial charge on any atom is 0.265 e. The highest BCUT2D eigenvalue weighted by molar-refractivity contribution is 6.34. The molecule has 4 aromatic carbocycles. The number of hydrogen-bond donors (Lipinski definition) is 1. The predicted molar refractivity (Wildman–Crippen MR) is 129 cm³/mol. The minimum absolute atomic E-state index is 0.179. The summed E-state index contributed by atoms with van der Waals surface area (Å²) < 4.78 is 1.52. The second kappa shape index (κ2) is 7.94. The van der Waals surface area contributed by atoms with Gasteiger partial charge < -0.3 is 5.32 Å². The molecule has 0 fully saturated rings. The van der Waals surface area contributed by atoms with Crippen molar-refractivity contribution in [2.45, 2.75) is 6.92 Å². The van der Waals surface area contributed by atoms with E-state index in [1.165, 1.54) is 4.57 Å². The van der Waals surface area contributed by atoms with E-state index in [-0.39, 0.29) is 11.5 Å². The molecule has 1 heterocycles. The van der Waals surface area contributed by atoms with Crippen molar-refractivity contribution in [3.8, 4) is 5.69 Å². The van der Waals surface area contributed by atoms with Crippen molar-refractivity contribution in [3.05, 3.63) is 112 Å². The molecule has 32 heavy (non-hydrogen) atoms. The smallest absolute Gasteiger partial charge is 0.265 e. The van der Waals surface area contributed by atoms with E-state index >= 15 is 0 Å². The Balaban J connectivity index is 1.58. The van der Waals surface area contributed by atoms with Crippen LogP contribution in [0.3, 0.4) is 0 Å². The monoisotopic (exact) mass is 439 g/mol. The molecule has 5 rings (SSSR count). The molecule has 0 atom stereocenters. The van der Waals surface area contributed by atoms with Crippen molar-refractivity contribution in [1.29, 1.82) is 0 Å². The summed E-state index contributed by atoms with van der Waals surface area (Å²) in [6, 6.07) is 25.6. The van der Waals surface area contributed by atoms with E-state index in [4.69, 9.17) is 11.6 Å². The molecule has 0 bridgehead atoms. The van der Waals surface area contributed by atoms with Crippen LogP contribution in [-0.2, 0) is 0 Å². The first-order valence-electron chi connectivity index (χ1n) is 10.1. The van der Waals surface area contributed by atoms with E-state index in [1.807, 2.05) is 54.6 Å². The van der Waals surface area contributed by atoms with Crippen LogP contribution in [0.4, 0.5) is 5.69 Å². The molecular weight excluding hydrogens is 422 g/mol. The second-order valence-corrected chi connectivity index (χ2v) is 7.87. The molecule has 1 amide bonds. The number of anilines is 1. The van der Waals surface area contributed by atoms with Gasteiger partial charge in [-0.15, -0.1) is 0 Å². The fourth-order valence-electron chi connectivity index (χ4n) is 3.91. The Labute approximate surface area is 188 Å². The summed E-state index contributed by atoms with van der Waals surface area (Å²) in [7, 11) is 0.